The second-order valence-corrected chi connectivity index (χ2v) is 18.6. The molecule has 14 rings (SSSR count). The highest BCUT2D eigenvalue weighted by Gasteiger charge is 2.24. The largest absolute Gasteiger partial charge is 0.455 e. The van der Waals surface area contributed by atoms with Crippen molar-refractivity contribution in [3.8, 4) is 33.4 Å². The van der Waals surface area contributed by atoms with Gasteiger partial charge in [-0.25, -0.2) is 0 Å². The van der Waals surface area contributed by atoms with E-state index in [1.54, 1.807) is 0 Å². The number of hydrogen-bond donors (Lipinski definition) is 0. The SMILES string of the molecule is c1ccc(-c2cccc3c2oc2c(-c4cc5ccccc5cc4N(c4ccc(-c5cc6ccccc6c6c5sc5c7ccccc7ccc56)cc4)c4ccc5ccccc5c4)cccc23)cc1. The molecule has 12 aromatic carbocycles. The lowest BCUT2D eigenvalue weighted by Gasteiger charge is -2.29. The van der Waals surface area contributed by atoms with E-state index in [0.717, 1.165) is 61.3 Å². The van der Waals surface area contributed by atoms with Crippen LogP contribution in [0.4, 0.5) is 17.1 Å². The first kappa shape index (κ1) is 37.8. The number of thiophene rings is 1. The third-order valence-electron chi connectivity index (χ3n) is 13.8. The highest BCUT2D eigenvalue weighted by atomic mass is 32.1. The fourth-order valence-electron chi connectivity index (χ4n) is 10.6. The summed E-state index contributed by atoms with van der Waals surface area (Å²) in [6.45, 7) is 0. The molecule has 0 aliphatic heterocycles. The fraction of sp³-hybridized carbons (Fsp3) is 0. The maximum absolute atomic E-state index is 7.10. The minimum Gasteiger partial charge on any atom is -0.455 e. The summed E-state index contributed by atoms with van der Waals surface area (Å²) in [5.41, 5.74) is 11.8. The molecule has 0 saturated heterocycles. The van der Waals surface area contributed by atoms with Crippen molar-refractivity contribution >= 4 is 114 Å². The summed E-state index contributed by atoms with van der Waals surface area (Å²) < 4.78 is 9.75. The molecule has 67 heavy (non-hydrogen) atoms. The van der Waals surface area contributed by atoms with Crippen LogP contribution in [0.2, 0.25) is 0 Å². The Morgan fingerprint density at radius 3 is 1.63 bits per heavy atom. The molecular formula is C64H39NOS. The summed E-state index contributed by atoms with van der Waals surface area (Å²) in [7, 11) is 0. The Morgan fingerprint density at radius 1 is 0.299 bits per heavy atom. The van der Waals surface area contributed by atoms with Gasteiger partial charge in [-0.2, -0.15) is 0 Å². The molecule has 0 aliphatic carbocycles. The second kappa shape index (κ2) is 15.0. The van der Waals surface area contributed by atoms with Gasteiger partial charge in [0.25, 0.3) is 0 Å². The zero-order chi connectivity index (χ0) is 44.0. The number of anilines is 3. The van der Waals surface area contributed by atoms with Gasteiger partial charge in [0.2, 0.25) is 0 Å². The van der Waals surface area contributed by atoms with Gasteiger partial charge in [-0.1, -0.05) is 194 Å². The van der Waals surface area contributed by atoms with E-state index in [4.69, 9.17) is 4.42 Å². The molecule has 0 aliphatic rings. The van der Waals surface area contributed by atoms with E-state index >= 15 is 0 Å². The topological polar surface area (TPSA) is 16.4 Å². The zero-order valence-corrected chi connectivity index (χ0v) is 37.1. The van der Waals surface area contributed by atoms with Crippen molar-refractivity contribution in [3.63, 3.8) is 0 Å². The van der Waals surface area contributed by atoms with Crippen LogP contribution in [0.1, 0.15) is 0 Å². The molecule has 14 aromatic rings. The van der Waals surface area contributed by atoms with Gasteiger partial charge in [-0.05, 0) is 96.7 Å². The average molecular weight is 870 g/mol. The lowest BCUT2D eigenvalue weighted by molar-refractivity contribution is 0.671. The van der Waals surface area contributed by atoms with Crippen LogP contribution in [0.5, 0.6) is 0 Å². The first-order valence-corrected chi connectivity index (χ1v) is 23.7. The number of furan rings is 1. The van der Waals surface area contributed by atoms with Crippen LogP contribution in [0.3, 0.4) is 0 Å². The number of para-hydroxylation sites is 2. The summed E-state index contributed by atoms with van der Waals surface area (Å²) in [6.07, 6.45) is 0. The molecule has 0 N–H and O–H groups in total. The van der Waals surface area contributed by atoms with Gasteiger partial charge in [0, 0.05) is 64.6 Å². The smallest absolute Gasteiger partial charge is 0.143 e. The third-order valence-corrected chi connectivity index (χ3v) is 15.1. The van der Waals surface area contributed by atoms with Crippen molar-refractivity contribution in [1.82, 2.24) is 0 Å². The normalized spacial score (nSPS) is 11.9. The van der Waals surface area contributed by atoms with Crippen molar-refractivity contribution in [2.45, 2.75) is 0 Å². The number of nitrogens with zero attached hydrogens (tertiary/aromatic N) is 1. The van der Waals surface area contributed by atoms with Gasteiger partial charge in [0.1, 0.15) is 11.2 Å². The van der Waals surface area contributed by atoms with Crippen LogP contribution in [0.25, 0.3) is 119 Å². The highest BCUT2D eigenvalue weighted by Crippen LogP contribution is 2.49. The molecule has 0 radical (unpaired) electrons. The van der Waals surface area contributed by atoms with Crippen LogP contribution in [-0.2, 0) is 0 Å². The third kappa shape index (κ3) is 6.02. The summed E-state index contributed by atoms with van der Waals surface area (Å²) in [4.78, 5) is 2.44. The predicted octanol–water partition coefficient (Wildman–Crippen LogP) is 19.0. The molecule has 3 heteroatoms. The van der Waals surface area contributed by atoms with Crippen LogP contribution in [0, 0.1) is 0 Å². The monoisotopic (exact) mass is 869 g/mol. The van der Waals surface area contributed by atoms with E-state index in [0.29, 0.717) is 0 Å². The Morgan fingerprint density at radius 2 is 0.851 bits per heavy atom. The van der Waals surface area contributed by atoms with Crippen LogP contribution >= 0.6 is 11.3 Å². The minimum absolute atomic E-state index is 0.877. The lowest BCUT2D eigenvalue weighted by Crippen LogP contribution is -2.11. The summed E-state index contributed by atoms with van der Waals surface area (Å²) in [6, 6.07) is 86.4. The first-order chi connectivity index (χ1) is 33.2. The number of rotatable bonds is 6. The molecule has 0 fully saturated rings. The summed E-state index contributed by atoms with van der Waals surface area (Å²) in [5, 5.41) is 14.7. The van der Waals surface area contributed by atoms with E-state index < -0.39 is 0 Å². The van der Waals surface area contributed by atoms with E-state index in [1.165, 1.54) is 74.4 Å². The molecule has 0 unspecified atom stereocenters. The maximum Gasteiger partial charge on any atom is 0.143 e. The van der Waals surface area contributed by atoms with Crippen LogP contribution in [-0.4, -0.2) is 0 Å². The van der Waals surface area contributed by atoms with Crippen molar-refractivity contribution in [1.29, 1.82) is 0 Å². The second-order valence-electron chi connectivity index (χ2n) is 17.6. The molecule has 2 nitrogen and oxygen atoms in total. The number of fused-ring (bicyclic) bond motifs is 12. The van der Waals surface area contributed by atoms with Gasteiger partial charge in [0.05, 0.1) is 5.69 Å². The van der Waals surface area contributed by atoms with E-state index in [-0.39, 0.29) is 0 Å². The molecule has 0 spiro atoms. The molecule has 312 valence electrons. The number of benzene rings is 12. The van der Waals surface area contributed by atoms with Crippen molar-refractivity contribution < 1.29 is 4.42 Å². The van der Waals surface area contributed by atoms with E-state index in [1.807, 2.05) is 11.3 Å². The van der Waals surface area contributed by atoms with Crippen LogP contribution in [0.15, 0.2) is 241 Å². The zero-order valence-electron chi connectivity index (χ0n) is 36.3. The van der Waals surface area contributed by atoms with Gasteiger partial charge in [0.15, 0.2) is 0 Å². The first-order valence-electron chi connectivity index (χ1n) is 22.9. The Labute approximate surface area is 390 Å². The van der Waals surface area contributed by atoms with E-state index in [9.17, 15) is 0 Å². The molecule has 0 bridgehead atoms. The molecule has 0 atom stereocenters. The Balaban J connectivity index is 0.999. The standard InChI is InChI=1S/C64H39NOS/c1-2-15-41(16-3-1)51-24-12-25-53-54-26-13-27-55(62(54)66-61(51)53)58-37-45-19-6-7-20-46(45)39-59(58)65(49-34-28-40-14-4-5-18-44(40)36-49)48-32-29-43(30-33-48)57-38-47-21-9-10-22-50(47)60-56-35-31-42-17-8-11-23-52(42)63(56)67-64(57)60/h1-39H. The van der Waals surface area contributed by atoms with Crippen molar-refractivity contribution in [3.05, 3.63) is 237 Å². The Hall–Kier alpha value is -8.50. The Kier molecular flexibility index (Phi) is 8.49. The van der Waals surface area contributed by atoms with E-state index in [2.05, 4.69) is 241 Å². The number of hydrogen-bond acceptors (Lipinski definition) is 3. The highest BCUT2D eigenvalue weighted by molar-refractivity contribution is 7.27. The van der Waals surface area contributed by atoms with Crippen LogP contribution < -0.4 is 4.90 Å². The quantitative estimate of drug-likeness (QED) is 0.166. The van der Waals surface area contributed by atoms with Gasteiger partial charge in [-0.15, -0.1) is 11.3 Å². The lowest BCUT2D eigenvalue weighted by atomic mass is 9.94. The maximum atomic E-state index is 7.10. The van der Waals surface area contributed by atoms with Gasteiger partial charge in [-0.3, -0.25) is 0 Å². The summed E-state index contributed by atoms with van der Waals surface area (Å²) >= 11 is 1.92. The minimum atomic E-state index is 0.877. The van der Waals surface area contributed by atoms with Gasteiger partial charge >= 0.3 is 0 Å². The van der Waals surface area contributed by atoms with Crippen molar-refractivity contribution in [2.75, 3.05) is 4.90 Å². The predicted molar refractivity (Wildman–Crippen MR) is 288 cm³/mol. The molecular weight excluding hydrogens is 831 g/mol. The molecule has 2 heterocycles. The average Bonchev–Trinajstić information content (AvgIpc) is 3.99. The summed E-state index contributed by atoms with van der Waals surface area (Å²) in [5.74, 6) is 0. The van der Waals surface area contributed by atoms with Crippen molar-refractivity contribution in [2.24, 2.45) is 0 Å². The molecule has 2 aromatic heterocycles. The van der Waals surface area contributed by atoms with Gasteiger partial charge < -0.3 is 9.32 Å². The molecule has 0 saturated carbocycles. The molecule has 0 amide bonds. The fourth-order valence-corrected chi connectivity index (χ4v) is 12.0. The Bertz CT molecular complexity index is 4280.